The Hall–Kier alpha value is -0.200. The van der Waals surface area contributed by atoms with Gasteiger partial charge in [0.2, 0.25) is 0 Å². The summed E-state index contributed by atoms with van der Waals surface area (Å²) in [4.78, 5) is 0. The molecule has 1 aromatic rings. The summed E-state index contributed by atoms with van der Waals surface area (Å²) in [6, 6.07) is 7.84. The van der Waals surface area contributed by atoms with Crippen molar-refractivity contribution < 1.29 is 0 Å². The maximum absolute atomic E-state index is 6.25. The third kappa shape index (κ3) is 2.62. The van der Waals surface area contributed by atoms with Crippen molar-refractivity contribution in [2.45, 2.75) is 24.6 Å². The van der Waals surface area contributed by atoms with Crippen LogP contribution in [0.25, 0.3) is 0 Å². The molecule has 0 bridgehead atoms. The van der Waals surface area contributed by atoms with Crippen LogP contribution in [0.5, 0.6) is 0 Å². The molecule has 1 fully saturated rings. The van der Waals surface area contributed by atoms with Crippen LogP contribution < -0.4 is 0 Å². The van der Waals surface area contributed by atoms with E-state index in [1.165, 1.54) is 18.4 Å². The van der Waals surface area contributed by atoms with Crippen LogP contribution in [0.2, 0.25) is 5.02 Å². The van der Waals surface area contributed by atoms with Gasteiger partial charge in [-0.15, -0.1) is 11.6 Å². The molecular formula is C11H12Cl2. The molecule has 0 aliphatic heterocycles. The highest BCUT2D eigenvalue weighted by Gasteiger charge is 2.24. The van der Waals surface area contributed by atoms with E-state index in [1.54, 1.807) is 0 Å². The summed E-state index contributed by atoms with van der Waals surface area (Å²) in [5, 5.41) is 0.948. The molecule has 0 aromatic heterocycles. The molecule has 0 saturated heterocycles. The van der Waals surface area contributed by atoms with Gasteiger partial charge in [0, 0.05) is 5.02 Å². The van der Waals surface area contributed by atoms with Crippen molar-refractivity contribution >= 4 is 23.2 Å². The number of hydrogen-bond donors (Lipinski definition) is 0. The van der Waals surface area contributed by atoms with Crippen LogP contribution in [0, 0.1) is 5.92 Å². The van der Waals surface area contributed by atoms with Crippen molar-refractivity contribution in [1.29, 1.82) is 0 Å². The minimum absolute atomic E-state index is 0.171. The molecule has 13 heavy (non-hydrogen) atoms. The number of benzene rings is 1. The molecular weight excluding hydrogens is 203 g/mol. The lowest BCUT2D eigenvalue weighted by molar-refractivity contribution is 0.706. The van der Waals surface area contributed by atoms with Crippen LogP contribution in [-0.2, 0) is 0 Å². The summed E-state index contributed by atoms with van der Waals surface area (Å²) in [5.41, 5.74) is 1.19. The zero-order chi connectivity index (χ0) is 9.26. The standard InChI is InChI=1S/C11H12Cl2/c12-10-5-3-9(4-6-10)11(13)7-8-1-2-8/h3-6,8,11H,1-2,7H2. The van der Waals surface area contributed by atoms with Gasteiger partial charge < -0.3 is 0 Å². The van der Waals surface area contributed by atoms with Gasteiger partial charge >= 0.3 is 0 Å². The monoisotopic (exact) mass is 214 g/mol. The first-order valence-electron chi connectivity index (χ1n) is 4.65. The highest BCUT2D eigenvalue weighted by Crippen LogP contribution is 2.40. The summed E-state index contributed by atoms with van der Waals surface area (Å²) >= 11 is 12.0. The Balaban J connectivity index is 2.01. The van der Waals surface area contributed by atoms with Crippen molar-refractivity contribution in [3.05, 3.63) is 34.9 Å². The smallest absolute Gasteiger partial charge is 0.0587 e. The molecule has 0 amide bonds. The van der Waals surface area contributed by atoms with Crippen LogP contribution in [-0.4, -0.2) is 0 Å². The Morgan fingerprint density at radius 1 is 1.23 bits per heavy atom. The molecule has 2 heteroatoms. The van der Waals surface area contributed by atoms with E-state index in [4.69, 9.17) is 23.2 Å². The van der Waals surface area contributed by atoms with Crippen molar-refractivity contribution in [2.24, 2.45) is 5.92 Å². The molecule has 2 rings (SSSR count). The van der Waals surface area contributed by atoms with Gasteiger partial charge in [0.1, 0.15) is 0 Å². The Bertz CT molecular complexity index is 275. The average Bonchev–Trinajstić information content (AvgIpc) is 2.89. The first-order valence-corrected chi connectivity index (χ1v) is 5.46. The summed E-state index contributed by atoms with van der Waals surface area (Å²) in [6.45, 7) is 0. The molecule has 1 aliphatic rings. The van der Waals surface area contributed by atoms with Crippen LogP contribution in [0.3, 0.4) is 0 Å². The topological polar surface area (TPSA) is 0 Å². The maximum Gasteiger partial charge on any atom is 0.0587 e. The number of halogens is 2. The highest BCUT2D eigenvalue weighted by molar-refractivity contribution is 6.30. The highest BCUT2D eigenvalue weighted by atomic mass is 35.5. The molecule has 1 aliphatic carbocycles. The van der Waals surface area contributed by atoms with E-state index < -0.39 is 0 Å². The van der Waals surface area contributed by atoms with Crippen LogP contribution in [0.4, 0.5) is 0 Å². The van der Waals surface area contributed by atoms with Gasteiger partial charge in [-0.05, 0) is 30.0 Å². The fourth-order valence-electron chi connectivity index (χ4n) is 1.45. The third-order valence-electron chi connectivity index (χ3n) is 2.47. The van der Waals surface area contributed by atoms with Gasteiger partial charge in [0.15, 0.2) is 0 Å². The second-order valence-corrected chi connectivity index (χ2v) is 4.66. The van der Waals surface area contributed by atoms with Crippen molar-refractivity contribution in [3.8, 4) is 0 Å². The molecule has 0 spiro atoms. The van der Waals surface area contributed by atoms with E-state index in [-0.39, 0.29) is 5.38 Å². The van der Waals surface area contributed by atoms with Gasteiger partial charge in [-0.1, -0.05) is 36.6 Å². The minimum atomic E-state index is 0.171. The Morgan fingerprint density at radius 3 is 2.38 bits per heavy atom. The molecule has 1 unspecified atom stereocenters. The lowest BCUT2D eigenvalue weighted by atomic mass is 10.1. The SMILES string of the molecule is Clc1ccc(C(Cl)CC2CC2)cc1. The van der Waals surface area contributed by atoms with Gasteiger partial charge in [0.05, 0.1) is 5.38 Å². The van der Waals surface area contributed by atoms with Crippen molar-refractivity contribution in [2.75, 3.05) is 0 Å². The number of alkyl halides is 1. The number of hydrogen-bond acceptors (Lipinski definition) is 0. The van der Waals surface area contributed by atoms with Crippen LogP contribution in [0.15, 0.2) is 24.3 Å². The molecule has 70 valence electrons. The fourth-order valence-corrected chi connectivity index (χ4v) is 1.98. The third-order valence-corrected chi connectivity index (χ3v) is 3.15. The van der Waals surface area contributed by atoms with E-state index in [0.29, 0.717) is 0 Å². The molecule has 1 saturated carbocycles. The quantitative estimate of drug-likeness (QED) is 0.654. The first-order chi connectivity index (χ1) is 6.25. The van der Waals surface area contributed by atoms with E-state index in [1.807, 2.05) is 24.3 Å². The Morgan fingerprint density at radius 2 is 1.85 bits per heavy atom. The summed E-state index contributed by atoms with van der Waals surface area (Å²) in [5.74, 6) is 0.873. The summed E-state index contributed by atoms with van der Waals surface area (Å²) < 4.78 is 0. The molecule has 0 radical (unpaired) electrons. The zero-order valence-corrected chi connectivity index (χ0v) is 8.85. The lowest BCUT2D eigenvalue weighted by Crippen LogP contribution is -1.91. The van der Waals surface area contributed by atoms with Gasteiger partial charge in [-0.2, -0.15) is 0 Å². The minimum Gasteiger partial charge on any atom is -0.118 e. The maximum atomic E-state index is 6.25. The van der Waals surface area contributed by atoms with E-state index in [0.717, 1.165) is 17.4 Å². The lowest BCUT2D eigenvalue weighted by Gasteiger charge is -2.08. The molecule has 0 nitrogen and oxygen atoms in total. The van der Waals surface area contributed by atoms with E-state index in [9.17, 15) is 0 Å². The second kappa shape index (κ2) is 3.89. The van der Waals surface area contributed by atoms with Gasteiger partial charge in [-0.25, -0.2) is 0 Å². The predicted molar refractivity (Wildman–Crippen MR) is 57.4 cm³/mol. The molecule has 1 aromatic carbocycles. The zero-order valence-electron chi connectivity index (χ0n) is 7.34. The first kappa shape index (κ1) is 9.36. The van der Waals surface area contributed by atoms with Crippen molar-refractivity contribution in [3.63, 3.8) is 0 Å². The molecule has 1 atom stereocenters. The van der Waals surface area contributed by atoms with Crippen LogP contribution in [0.1, 0.15) is 30.2 Å². The Kier molecular flexibility index (Phi) is 2.80. The van der Waals surface area contributed by atoms with E-state index in [2.05, 4.69) is 0 Å². The summed E-state index contributed by atoms with van der Waals surface area (Å²) in [6.07, 6.45) is 3.83. The average molecular weight is 215 g/mol. The summed E-state index contributed by atoms with van der Waals surface area (Å²) in [7, 11) is 0. The normalized spacial score (nSPS) is 18.6. The molecule has 0 heterocycles. The van der Waals surface area contributed by atoms with Crippen molar-refractivity contribution in [1.82, 2.24) is 0 Å². The molecule has 0 N–H and O–H groups in total. The predicted octanol–water partition coefficient (Wildman–Crippen LogP) is 4.42. The van der Waals surface area contributed by atoms with E-state index >= 15 is 0 Å². The second-order valence-electron chi connectivity index (χ2n) is 3.70. The number of rotatable bonds is 3. The van der Waals surface area contributed by atoms with Gasteiger partial charge in [0.25, 0.3) is 0 Å². The Labute approximate surface area is 88.9 Å². The fraction of sp³-hybridized carbons (Fsp3) is 0.455. The largest absolute Gasteiger partial charge is 0.118 e. The van der Waals surface area contributed by atoms with Crippen LogP contribution >= 0.6 is 23.2 Å². The van der Waals surface area contributed by atoms with Gasteiger partial charge in [-0.3, -0.25) is 0 Å².